The summed E-state index contributed by atoms with van der Waals surface area (Å²) in [5.74, 6) is -0.238. The Morgan fingerprint density at radius 1 is 0.816 bits per heavy atom. The number of carbonyl (C=O) groups is 2. The predicted molar refractivity (Wildman–Crippen MR) is 153 cm³/mol. The third-order valence-electron chi connectivity index (χ3n) is 7.26. The van der Waals surface area contributed by atoms with E-state index in [0.29, 0.717) is 29.7 Å². The first-order valence-electron chi connectivity index (χ1n) is 12.6. The van der Waals surface area contributed by atoms with E-state index >= 15 is 0 Å². The molecule has 0 aliphatic carbocycles. The van der Waals surface area contributed by atoms with Crippen LogP contribution in [0.3, 0.4) is 0 Å². The Labute approximate surface area is 220 Å². The number of likely N-dealkylation sites (N-methyl/N-ethyl adjacent to an activating group) is 2. The van der Waals surface area contributed by atoms with E-state index in [9.17, 15) is 9.59 Å². The van der Waals surface area contributed by atoms with E-state index in [2.05, 4.69) is 31.9 Å². The SMILES string of the molecule is COc1c2[nH]c3ccc(C(N)=O)cc3c2cc2c1[nH]c1cc(CCN(C)C)c(C(N)=O)c(CCN(C)C)c12. The van der Waals surface area contributed by atoms with Crippen LogP contribution >= 0.6 is 0 Å². The van der Waals surface area contributed by atoms with Crippen molar-refractivity contribution >= 4 is 55.4 Å². The van der Waals surface area contributed by atoms with E-state index in [1.165, 1.54) is 0 Å². The van der Waals surface area contributed by atoms with E-state index in [4.69, 9.17) is 16.2 Å². The van der Waals surface area contributed by atoms with Crippen LogP contribution in [0.15, 0.2) is 30.3 Å². The van der Waals surface area contributed by atoms with Gasteiger partial charge in [0, 0.05) is 56.8 Å². The van der Waals surface area contributed by atoms with E-state index in [1.54, 1.807) is 19.2 Å². The molecule has 5 rings (SSSR count). The van der Waals surface area contributed by atoms with Crippen LogP contribution in [0, 0.1) is 0 Å². The Morgan fingerprint density at radius 2 is 1.47 bits per heavy atom. The van der Waals surface area contributed by atoms with Gasteiger partial charge < -0.3 is 36.0 Å². The van der Waals surface area contributed by atoms with Crippen LogP contribution in [0.2, 0.25) is 0 Å². The molecule has 0 saturated heterocycles. The third-order valence-corrected chi connectivity index (χ3v) is 7.26. The Hall–Kier alpha value is -4.08. The van der Waals surface area contributed by atoms with E-state index < -0.39 is 11.8 Å². The lowest BCUT2D eigenvalue weighted by molar-refractivity contribution is 0.0991. The van der Waals surface area contributed by atoms with E-state index in [-0.39, 0.29) is 0 Å². The molecule has 0 bridgehead atoms. The fourth-order valence-electron chi connectivity index (χ4n) is 5.46. The van der Waals surface area contributed by atoms with Crippen molar-refractivity contribution in [1.82, 2.24) is 19.8 Å². The average Bonchev–Trinajstić information content (AvgIpc) is 3.41. The van der Waals surface area contributed by atoms with Gasteiger partial charge in [-0.3, -0.25) is 9.59 Å². The summed E-state index contributed by atoms with van der Waals surface area (Å²) in [5.41, 5.74) is 18.0. The van der Waals surface area contributed by atoms with Crippen molar-refractivity contribution in [2.24, 2.45) is 11.5 Å². The maximum Gasteiger partial charge on any atom is 0.249 e. The molecule has 0 aliphatic heterocycles. The number of aromatic amines is 2. The van der Waals surface area contributed by atoms with Crippen LogP contribution in [0.25, 0.3) is 43.6 Å². The van der Waals surface area contributed by atoms with Crippen molar-refractivity contribution in [3.8, 4) is 5.75 Å². The minimum absolute atomic E-state index is 0.421. The molecule has 0 spiro atoms. The van der Waals surface area contributed by atoms with Crippen LogP contribution < -0.4 is 16.2 Å². The molecule has 2 aromatic heterocycles. The fourth-order valence-corrected chi connectivity index (χ4v) is 5.46. The minimum atomic E-state index is -0.483. The Balaban J connectivity index is 1.90. The van der Waals surface area contributed by atoms with Gasteiger partial charge in [-0.25, -0.2) is 0 Å². The second-order valence-corrected chi connectivity index (χ2v) is 10.4. The van der Waals surface area contributed by atoms with Crippen LogP contribution in [0.5, 0.6) is 5.75 Å². The van der Waals surface area contributed by atoms with Gasteiger partial charge in [-0.05, 0) is 82.5 Å². The van der Waals surface area contributed by atoms with Gasteiger partial charge >= 0.3 is 0 Å². The molecule has 3 aromatic carbocycles. The topological polar surface area (TPSA) is 133 Å². The lowest BCUT2D eigenvalue weighted by Gasteiger charge is -2.18. The second kappa shape index (κ2) is 9.66. The number of H-pyrrole nitrogens is 2. The Morgan fingerprint density at radius 3 is 2.11 bits per heavy atom. The first kappa shape index (κ1) is 25.6. The van der Waals surface area contributed by atoms with Gasteiger partial charge in [0.15, 0.2) is 5.75 Å². The van der Waals surface area contributed by atoms with E-state index in [1.807, 2.05) is 34.3 Å². The number of nitrogens with two attached hydrogens (primary N) is 2. The van der Waals surface area contributed by atoms with Crippen LogP contribution in [0.1, 0.15) is 31.8 Å². The Kier molecular flexibility index (Phi) is 6.50. The zero-order valence-electron chi connectivity index (χ0n) is 22.5. The number of hydrogen-bond acceptors (Lipinski definition) is 5. The van der Waals surface area contributed by atoms with Crippen molar-refractivity contribution in [1.29, 1.82) is 0 Å². The summed E-state index contributed by atoms with van der Waals surface area (Å²) in [7, 11) is 9.70. The molecule has 0 atom stereocenters. The highest BCUT2D eigenvalue weighted by Crippen LogP contribution is 2.43. The number of ether oxygens (including phenoxy) is 1. The van der Waals surface area contributed by atoms with Crippen LogP contribution in [0.4, 0.5) is 0 Å². The van der Waals surface area contributed by atoms with Gasteiger partial charge in [0.1, 0.15) is 0 Å². The number of nitrogens with zero attached hydrogens (tertiary/aromatic N) is 2. The lowest BCUT2D eigenvalue weighted by Crippen LogP contribution is -2.22. The molecule has 2 heterocycles. The summed E-state index contributed by atoms with van der Waals surface area (Å²) < 4.78 is 5.94. The summed E-state index contributed by atoms with van der Waals surface area (Å²) >= 11 is 0. The zero-order chi connectivity index (χ0) is 27.3. The molecule has 2 amide bonds. The van der Waals surface area contributed by atoms with Crippen molar-refractivity contribution in [2.75, 3.05) is 48.4 Å². The first-order chi connectivity index (χ1) is 18.1. The largest absolute Gasteiger partial charge is 0.492 e. The quantitative estimate of drug-likeness (QED) is 0.239. The summed E-state index contributed by atoms with van der Waals surface area (Å²) in [6, 6.07) is 9.51. The number of nitrogens with one attached hydrogen (secondary N) is 2. The van der Waals surface area contributed by atoms with Crippen molar-refractivity contribution < 1.29 is 14.3 Å². The van der Waals surface area contributed by atoms with Gasteiger partial charge in [-0.15, -0.1) is 0 Å². The average molecular weight is 515 g/mol. The van der Waals surface area contributed by atoms with Crippen LogP contribution in [-0.4, -0.2) is 80.0 Å². The predicted octanol–water partition coefficient (Wildman–Crippen LogP) is 3.37. The number of primary amides is 2. The zero-order valence-corrected chi connectivity index (χ0v) is 22.5. The Bertz CT molecular complexity index is 1730. The van der Waals surface area contributed by atoms with Gasteiger partial charge in [-0.2, -0.15) is 0 Å². The minimum Gasteiger partial charge on any atom is -0.492 e. The van der Waals surface area contributed by atoms with Crippen molar-refractivity contribution in [2.45, 2.75) is 12.8 Å². The summed E-state index contributed by atoms with van der Waals surface area (Å²) in [6.07, 6.45) is 1.36. The highest BCUT2D eigenvalue weighted by atomic mass is 16.5. The monoisotopic (exact) mass is 514 g/mol. The summed E-state index contributed by atoms with van der Waals surface area (Å²) in [6.45, 7) is 1.55. The summed E-state index contributed by atoms with van der Waals surface area (Å²) in [5, 5.41) is 3.68. The third kappa shape index (κ3) is 4.23. The van der Waals surface area contributed by atoms with Crippen LogP contribution in [-0.2, 0) is 12.8 Å². The highest BCUT2D eigenvalue weighted by molar-refractivity contribution is 6.22. The molecule has 0 unspecified atom stereocenters. The van der Waals surface area contributed by atoms with Gasteiger partial charge in [0.25, 0.3) is 0 Å². The first-order valence-corrected chi connectivity index (χ1v) is 12.6. The molecule has 198 valence electrons. The van der Waals surface area contributed by atoms with E-state index in [0.717, 1.165) is 67.8 Å². The van der Waals surface area contributed by atoms with Crippen molar-refractivity contribution in [3.05, 3.63) is 52.6 Å². The molecule has 0 saturated carbocycles. The molecule has 9 heteroatoms. The molecular formula is C29H34N6O3. The number of amides is 2. The van der Waals surface area contributed by atoms with Gasteiger partial charge in [0.2, 0.25) is 11.8 Å². The molecule has 6 N–H and O–H groups in total. The van der Waals surface area contributed by atoms with Gasteiger partial charge in [-0.1, -0.05) is 0 Å². The molecule has 0 radical (unpaired) electrons. The number of fused-ring (bicyclic) bond motifs is 6. The molecule has 38 heavy (non-hydrogen) atoms. The molecule has 9 nitrogen and oxygen atoms in total. The normalized spacial score (nSPS) is 12.1. The fraction of sp³-hybridized carbons (Fsp3) is 0.310. The lowest BCUT2D eigenvalue weighted by atomic mass is 9.91. The number of benzene rings is 3. The standard InChI is InChI=1S/C29H34N6O3/c1-34(2)10-8-15-13-22-24(17(9-11-35(3)4)23(15)29(31)37)20-14-19-18-12-16(28(30)36)6-7-21(18)32-25(19)27(38-5)26(20)33-22/h6-7,12-14,32-33H,8-11H2,1-5H3,(H2,30,36)(H2,31,37). The number of rotatable bonds is 9. The number of hydrogen-bond donors (Lipinski definition) is 4. The van der Waals surface area contributed by atoms with Crippen molar-refractivity contribution in [3.63, 3.8) is 0 Å². The molecular weight excluding hydrogens is 480 g/mol. The maximum atomic E-state index is 12.9. The number of methoxy groups -OCH3 is 1. The molecule has 0 aliphatic rings. The smallest absolute Gasteiger partial charge is 0.249 e. The molecule has 5 aromatic rings. The second-order valence-electron chi connectivity index (χ2n) is 10.4. The summed E-state index contributed by atoms with van der Waals surface area (Å²) in [4.78, 5) is 36.0. The highest BCUT2D eigenvalue weighted by Gasteiger charge is 2.24. The number of aromatic nitrogens is 2. The molecule has 0 fully saturated rings. The maximum absolute atomic E-state index is 12.9. The number of carbonyl (C=O) groups excluding carboxylic acids is 2. The van der Waals surface area contributed by atoms with Gasteiger partial charge in [0.05, 0.1) is 18.1 Å².